The molecule has 1 aliphatic heterocycles. The molecule has 0 spiro atoms. The molecular formula is C19H14N3O7-. The van der Waals surface area contributed by atoms with Crippen LogP contribution in [-0.4, -0.2) is 31.2 Å². The van der Waals surface area contributed by atoms with E-state index < -0.39 is 22.3 Å². The number of benzene rings is 2. The fourth-order valence-corrected chi connectivity index (χ4v) is 2.61. The van der Waals surface area contributed by atoms with E-state index in [1.54, 1.807) is 24.3 Å². The van der Waals surface area contributed by atoms with Crippen LogP contribution in [0.2, 0.25) is 0 Å². The van der Waals surface area contributed by atoms with Crippen LogP contribution < -0.4 is 24.6 Å². The highest BCUT2D eigenvalue weighted by molar-refractivity contribution is 6.09. The largest absolute Gasteiger partial charge is 0.865 e. The number of carbonyl (C=O) groups is 1. The maximum absolute atomic E-state index is 12.5. The maximum Gasteiger partial charge on any atom is 0.266 e. The minimum atomic E-state index is -0.895. The van der Waals surface area contributed by atoms with Crippen molar-refractivity contribution in [3.05, 3.63) is 51.6 Å². The van der Waals surface area contributed by atoms with Crippen LogP contribution in [0.5, 0.6) is 23.0 Å². The predicted octanol–water partition coefficient (Wildman–Crippen LogP) is 1.99. The number of amides is 1. The van der Waals surface area contributed by atoms with Crippen LogP contribution in [0.4, 0.5) is 11.4 Å². The number of hydrogen-bond acceptors (Lipinski definition) is 8. The zero-order chi connectivity index (χ0) is 21.0. The number of nitrogens with one attached hydrogen (secondary N) is 1. The lowest BCUT2D eigenvalue weighted by atomic mass is 10.1. The minimum absolute atomic E-state index is 0.0991. The quantitative estimate of drug-likeness (QED) is 0.349. The molecule has 29 heavy (non-hydrogen) atoms. The van der Waals surface area contributed by atoms with E-state index in [4.69, 9.17) is 14.2 Å². The number of methoxy groups -OCH3 is 1. The highest BCUT2D eigenvalue weighted by Gasteiger charge is 2.17. The van der Waals surface area contributed by atoms with Gasteiger partial charge in [0, 0.05) is 23.6 Å². The number of carbonyl (C=O) groups excluding carboxylic acids is 1. The third kappa shape index (κ3) is 4.19. The molecule has 10 heteroatoms. The third-order valence-electron chi connectivity index (χ3n) is 3.95. The van der Waals surface area contributed by atoms with E-state index in [1.165, 1.54) is 13.2 Å². The Morgan fingerprint density at radius 2 is 2.00 bits per heavy atom. The first-order chi connectivity index (χ1) is 13.9. The van der Waals surface area contributed by atoms with E-state index in [-0.39, 0.29) is 16.9 Å². The summed E-state index contributed by atoms with van der Waals surface area (Å²) in [6.07, 6.45) is 1.13. The molecule has 0 bridgehead atoms. The van der Waals surface area contributed by atoms with Crippen LogP contribution in [0.25, 0.3) is 6.08 Å². The second kappa shape index (κ2) is 8.18. The fourth-order valence-electron chi connectivity index (χ4n) is 2.61. The summed E-state index contributed by atoms with van der Waals surface area (Å²) in [4.78, 5) is 22.7. The van der Waals surface area contributed by atoms with E-state index >= 15 is 0 Å². The average molecular weight is 396 g/mol. The van der Waals surface area contributed by atoms with Crippen LogP contribution in [0.3, 0.4) is 0 Å². The summed E-state index contributed by atoms with van der Waals surface area (Å²) < 4.78 is 15.7. The van der Waals surface area contributed by atoms with Crippen molar-refractivity contribution in [3.63, 3.8) is 0 Å². The molecule has 10 nitrogen and oxygen atoms in total. The van der Waals surface area contributed by atoms with Crippen molar-refractivity contribution in [1.29, 1.82) is 5.26 Å². The van der Waals surface area contributed by atoms with Crippen molar-refractivity contribution in [1.82, 2.24) is 0 Å². The van der Waals surface area contributed by atoms with Gasteiger partial charge in [-0.3, -0.25) is 14.9 Å². The normalized spacial score (nSPS) is 12.6. The standard InChI is InChI=1S/C19H15N3O7/c1-27-17-8-11(7-14(18(17)23)22(25)26)6-12(10-20)19(24)21-13-2-3-15-16(9-13)29-5-4-28-15/h2-3,6-9,23H,4-5H2,1H3,(H,21,24)/p-1/b12-6+. The van der Waals surface area contributed by atoms with Gasteiger partial charge < -0.3 is 24.6 Å². The lowest BCUT2D eigenvalue weighted by molar-refractivity contribution is -0.398. The first-order valence-electron chi connectivity index (χ1n) is 8.29. The topological polar surface area (TPSA) is 147 Å². The lowest BCUT2D eigenvalue weighted by Crippen LogP contribution is -2.17. The first-order valence-corrected chi connectivity index (χ1v) is 8.29. The first kappa shape index (κ1) is 19.5. The number of ether oxygens (including phenoxy) is 3. The number of nitro groups is 1. The molecule has 1 heterocycles. The summed E-state index contributed by atoms with van der Waals surface area (Å²) in [5, 5.41) is 34.8. The molecule has 2 aromatic rings. The Labute approximate surface area is 164 Å². The van der Waals surface area contributed by atoms with E-state index in [2.05, 4.69) is 5.32 Å². The van der Waals surface area contributed by atoms with Gasteiger partial charge in [-0.15, -0.1) is 0 Å². The molecular weight excluding hydrogens is 382 g/mol. The highest BCUT2D eigenvalue weighted by Crippen LogP contribution is 2.35. The van der Waals surface area contributed by atoms with Gasteiger partial charge in [0.2, 0.25) is 0 Å². The number of nitrogens with zero attached hydrogens (tertiary/aromatic N) is 2. The smallest absolute Gasteiger partial charge is 0.266 e. The van der Waals surface area contributed by atoms with Gasteiger partial charge in [-0.25, -0.2) is 0 Å². The molecule has 0 aliphatic carbocycles. The number of fused-ring (bicyclic) bond motifs is 1. The minimum Gasteiger partial charge on any atom is -0.865 e. The van der Waals surface area contributed by atoms with E-state index in [0.717, 1.165) is 12.1 Å². The van der Waals surface area contributed by atoms with Gasteiger partial charge in [0.15, 0.2) is 11.5 Å². The summed E-state index contributed by atoms with van der Waals surface area (Å²) >= 11 is 0. The Kier molecular flexibility index (Phi) is 5.50. The van der Waals surface area contributed by atoms with Gasteiger partial charge in [0.25, 0.3) is 11.6 Å². The van der Waals surface area contributed by atoms with Crippen LogP contribution in [-0.2, 0) is 4.79 Å². The average Bonchev–Trinajstić information content (AvgIpc) is 2.72. The number of nitro benzene ring substituents is 1. The Hall–Kier alpha value is -4.26. The molecule has 3 rings (SSSR count). The Balaban J connectivity index is 1.88. The van der Waals surface area contributed by atoms with E-state index in [0.29, 0.717) is 30.4 Å². The van der Waals surface area contributed by atoms with Crippen molar-refractivity contribution in [2.45, 2.75) is 0 Å². The van der Waals surface area contributed by atoms with Crippen molar-refractivity contribution >= 4 is 23.4 Å². The van der Waals surface area contributed by atoms with Crippen molar-refractivity contribution in [2.75, 3.05) is 25.6 Å². The predicted molar refractivity (Wildman–Crippen MR) is 98.7 cm³/mol. The molecule has 1 N–H and O–H groups in total. The van der Waals surface area contributed by atoms with Crippen LogP contribution in [0.15, 0.2) is 35.9 Å². The van der Waals surface area contributed by atoms with Crippen molar-refractivity contribution in [2.24, 2.45) is 0 Å². The second-order valence-electron chi connectivity index (χ2n) is 5.81. The van der Waals surface area contributed by atoms with Gasteiger partial charge >= 0.3 is 0 Å². The summed E-state index contributed by atoms with van der Waals surface area (Å²) in [5.41, 5.74) is -0.573. The molecule has 0 fully saturated rings. The monoisotopic (exact) mass is 396 g/mol. The Bertz CT molecular complexity index is 1060. The highest BCUT2D eigenvalue weighted by atomic mass is 16.6. The zero-order valence-corrected chi connectivity index (χ0v) is 15.1. The van der Waals surface area contributed by atoms with Gasteiger partial charge in [-0.05, 0) is 29.8 Å². The molecule has 148 valence electrons. The molecule has 0 aromatic heterocycles. The fraction of sp³-hybridized carbons (Fsp3) is 0.158. The van der Waals surface area contributed by atoms with Crippen LogP contribution >= 0.6 is 0 Å². The van der Waals surface area contributed by atoms with Crippen LogP contribution in [0, 0.1) is 21.4 Å². The van der Waals surface area contributed by atoms with Crippen LogP contribution in [0.1, 0.15) is 5.56 Å². The Morgan fingerprint density at radius 1 is 1.28 bits per heavy atom. The maximum atomic E-state index is 12.5. The number of anilines is 1. The zero-order valence-electron chi connectivity index (χ0n) is 15.1. The van der Waals surface area contributed by atoms with Crippen molar-refractivity contribution in [3.8, 4) is 29.1 Å². The molecule has 0 unspecified atom stereocenters. The van der Waals surface area contributed by atoms with E-state index in [9.17, 15) is 25.3 Å². The number of hydrogen-bond donors (Lipinski definition) is 1. The van der Waals surface area contributed by atoms with Gasteiger partial charge in [-0.2, -0.15) is 5.26 Å². The van der Waals surface area contributed by atoms with E-state index in [1.807, 2.05) is 0 Å². The molecule has 0 radical (unpaired) electrons. The summed E-state index contributed by atoms with van der Waals surface area (Å²) in [5.74, 6) is -0.897. The summed E-state index contributed by atoms with van der Waals surface area (Å²) in [7, 11) is 1.19. The number of rotatable bonds is 5. The molecule has 0 atom stereocenters. The molecule has 0 saturated carbocycles. The molecule has 1 aliphatic rings. The van der Waals surface area contributed by atoms with Gasteiger partial charge in [0.05, 0.1) is 12.0 Å². The molecule has 1 amide bonds. The Morgan fingerprint density at radius 3 is 2.66 bits per heavy atom. The summed E-state index contributed by atoms with van der Waals surface area (Å²) in [6.45, 7) is 0.807. The molecule has 2 aromatic carbocycles. The SMILES string of the molecule is COc1cc(/C=C(\C#N)C(=O)Nc2ccc3c(c2)OCCO3)cc([N+](=O)[O-])c1[O-]. The van der Waals surface area contributed by atoms with Crippen molar-refractivity contribution < 1.29 is 29.0 Å². The van der Waals surface area contributed by atoms with Gasteiger partial charge in [0.1, 0.15) is 30.6 Å². The van der Waals surface area contributed by atoms with Gasteiger partial charge in [-0.1, -0.05) is 0 Å². The number of nitriles is 1. The third-order valence-corrected chi connectivity index (χ3v) is 3.95. The second-order valence-corrected chi connectivity index (χ2v) is 5.81. The summed E-state index contributed by atoms with van der Waals surface area (Å²) in [6, 6.07) is 8.69. The lowest BCUT2D eigenvalue weighted by Gasteiger charge is -2.19. The molecule has 0 saturated heterocycles.